The number of rotatable bonds is 11. The number of hydrogen-bond acceptors (Lipinski definition) is 6. The van der Waals surface area contributed by atoms with Crippen LogP contribution in [0.2, 0.25) is 5.02 Å². The first-order chi connectivity index (χ1) is 28.2. The lowest BCUT2D eigenvalue weighted by Crippen LogP contribution is -2.38. The molecule has 3 aromatic carbocycles. The molecule has 11 nitrogen and oxygen atoms in total. The van der Waals surface area contributed by atoms with Gasteiger partial charge >= 0.3 is 6.18 Å². The zero-order chi connectivity index (χ0) is 43.2. The van der Waals surface area contributed by atoms with E-state index in [9.17, 15) is 45.1 Å². The molecule has 6 aromatic rings. The number of aromatic nitrogens is 6. The van der Waals surface area contributed by atoms with Crippen molar-refractivity contribution >= 4 is 51.0 Å². The van der Waals surface area contributed by atoms with Crippen LogP contribution in [0, 0.1) is 17.6 Å². The van der Waals surface area contributed by atoms with Gasteiger partial charge < -0.3 is 10.6 Å². The molecule has 2 aliphatic carbocycles. The van der Waals surface area contributed by atoms with Crippen LogP contribution in [0.5, 0.6) is 0 Å². The third kappa shape index (κ3) is 7.34. The molecular formula is C39H30ClF9N8O3. The summed E-state index contributed by atoms with van der Waals surface area (Å²) in [7, 11) is 1.46. The van der Waals surface area contributed by atoms with E-state index in [-0.39, 0.29) is 67.3 Å². The summed E-state index contributed by atoms with van der Waals surface area (Å²) in [6, 6.07) is 7.37. The van der Waals surface area contributed by atoms with Gasteiger partial charge in [0.1, 0.15) is 35.4 Å². The van der Waals surface area contributed by atoms with Crippen LogP contribution in [-0.2, 0) is 41.9 Å². The smallest absolute Gasteiger partial charge is 0.344 e. The molecule has 314 valence electrons. The fourth-order valence-electron chi connectivity index (χ4n) is 8.07. The predicted octanol–water partition coefficient (Wildman–Crippen LogP) is 8.10. The number of fused-ring (bicyclic) bond motifs is 5. The highest BCUT2D eigenvalue weighted by Gasteiger charge is 2.67. The van der Waals surface area contributed by atoms with Crippen LogP contribution in [0.3, 0.4) is 0 Å². The summed E-state index contributed by atoms with van der Waals surface area (Å²) in [6.07, 6.45) is -10.0. The number of nitrogens with one attached hydrogen (secondary N) is 2. The highest BCUT2D eigenvalue weighted by Crippen LogP contribution is 2.68. The number of halogens is 10. The standard InChI is InChI=1S/C39H30ClF9N8O3/c1-16(58)50-35-30-24(40)5-6-27(32(30)55(2)54-35)57-36(52-25-11-17(7-8-38(45,46)47)3-4-21(25)37(57)60)26(12-18-9-19(41)13-20(42)10-18)51-28(59)15-56-33-29(31(53-56)34(43)44)22-14-23(22)39(33,48)49/h3-6,9-11,13,22-23,26,34H,7-8,12,14-15H2,1-2H3,(H,51,59)(H,50,54,58)/t22-,23?,26+/m1/s1. The average molecular weight is 865 g/mol. The predicted molar refractivity (Wildman–Crippen MR) is 198 cm³/mol. The number of aryl methyl sites for hydroxylation is 2. The van der Waals surface area contributed by atoms with E-state index in [0.717, 1.165) is 16.7 Å². The molecular weight excluding hydrogens is 835 g/mol. The van der Waals surface area contributed by atoms with Crippen molar-refractivity contribution in [1.82, 2.24) is 34.4 Å². The number of benzene rings is 3. The summed E-state index contributed by atoms with van der Waals surface area (Å²) >= 11 is 6.59. The molecule has 2 N–H and O–H groups in total. The molecule has 3 atom stereocenters. The molecule has 60 heavy (non-hydrogen) atoms. The second-order valence-corrected chi connectivity index (χ2v) is 15.2. The fourth-order valence-corrected chi connectivity index (χ4v) is 8.32. The van der Waals surface area contributed by atoms with Gasteiger partial charge in [0.2, 0.25) is 11.8 Å². The molecule has 8 rings (SSSR count). The lowest BCUT2D eigenvalue weighted by Gasteiger charge is -2.24. The number of alkyl halides is 7. The van der Waals surface area contributed by atoms with Crippen molar-refractivity contribution in [3.8, 4) is 5.69 Å². The molecule has 3 heterocycles. The van der Waals surface area contributed by atoms with Gasteiger partial charge in [0, 0.05) is 44.4 Å². The topological polar surface area (TPSA) is 129 Å². The van der Waals surface area contributed by atoms with Crippen molar-refractivity contribution in [2.45, 2.75) is 69.6 Å². The van der Waals surface area contributed by atoms with Gasteiger partial charge in [-0.1, -0.05) is 17.7 Å². The molecule has 0 aliphatic heterocycles. The number of hydrogen-bond donors (Lipinski definition) is 2. The van der Waals surface area contributed by atoms with Crippen LogP contribution >= 0.6 is 11.6 Å². The number of nitrogens with zero attached hydrogens (tertiary/aromatic N) is 6. The Kier molecular flexibility index (Phi) is 9.98. The molecule has 0 radical (unpaired) electrons. The molecule has 0 bridgehead atoms. The Hall–Kier alpha value is -5.92. The van der Waals surface area contributed by atoms with Crippen LogP contribution < -0.4 is 16.2 Å². The molecule has 2 amide bonds. The van der Waals surface area contributed by atoms with Gasteiger partial charge in [-0.15, -0.1) is 0 Å². The van der Waals surface area contributed by atoms with E-state index in [1.807, 2.05) is 0 Å². The number of carbonyl (C=O) groups is 2. The van der Waals surface area contributed by atoms with Gasteiger partial charge in [-0.3, -0.25) is 28.3 Å². The molecule has 1 fully saturated rings. The van der Waals surface area contributed by atoms with Crippen LogP contribution in [-0.4, -0.2) is 47.1 Å². The van der Waals surface area contributed by atoms with E-state index in [2.05, 4.69) is 25.8 Å². The minimum atomic E-state index is -4.53. The van der Waals surface area contributed by atoms with E-state index < -0.39 is 103 Å². The molecule has 0 saturated heterocycles. The summed E-state index contributed by atoms with van der Waals surface area (Å²) in [5.41, 5.74) is -2.88. The first-order valence-electron chi connectivity index (χ1n) is 18.3. The van der Waals surface area contributed by atoms with Gasteiger partial charge in [0.15, 0.2) is 5.82 Å². The van der Waals surface area contributed by atoms with Crippen molar-refractivity contribution < 1.29 is 49.1 Å². The number of anilines is 1. The molecule has 1 unspecified atom stereocenters. The van der Waals surface area contributed by atoms with Crippen molar-refractivity contribution in [3.63, 3.8) is 0 Å². The molecule has 0 spiro atoms. The van der Waals surface area contributed by atoms with Crippen LogP contribution in [0.4, 0.5) is 45.3 Å². The minimum Gasteiger partial charge on any atom is -0.344 e. The Morgan fingerprint density at radius 3 is 2.40 bits per heavy atom. The van der Waals surface area contributed by atoms with Crippen molar-refractivity contribution in [2.24, 2.45) is 13.0 Å². The Morgan fingerprint density at radius 1 is 1.02 bits per heavy atom. The maximum Gasteiger partial charge on any atom is 0.389 e. The monoisotopic (exact) mass is 864 g/mol. The lowest BCUT2D eigenvalue weighted by molar-refractivity contribution is -0.134. The van der Waals surface area contributed by atoms with Crippen molar-refractivity contribution in [1.29, 1.82) is 0 Å². The Bertz CT molecular complexity index is 2800. The molecule has 3 aromatic heterocycles. The zero-order valence-electron chi connectivity index (χ0n) is 31.2. The van der Waals surface area contributed by atoms with Crippen LogP contribution in [0.1, 0.15) is 72.1 Å². The first kappa shape index (κ1) is 40.8. The Labute approximate surface area is 337 Å². The van der Waals surface area contributed by atoms with E-state index in [0.29, 0.717) is 10.7 Å². The normalized spacial score (nSPS) is 17.3. The summed E-state index contributed by atoms with van der Waals surface area (Å²) in [5.74, 6) is -9.75. The SMILES string of the molecule is CC(=O)Nc1nn(C)c2c(-n3c([C@H](Cc4cc(F)cc(F)c4)NC(=O)Cn4nc(C(F)F)c5c4C(F)(F)C4C[C@@H]54)nc4cc(CCC(F)(F)F)ccc4c3=O)ccc(Cl)c12. The Balaban J connectivity index is 1.32. The quantitative estimate of drug-likeness (QED) is 0.127. The van der Waals surface area contributed by atoms with Crippen LogP contribution in [0.25, 0.3) is 27.5 Å². The largest absolute Gasteiger partial charge is 0.389 e. The summed E-state index contributed by atoms with van der Waals surface area (Å²) < 4.78 is 131. The van der Waals surface area contributed by atoms with E-state index in [4.69, 9.17) is 11.6 Å². The van der Waals surface area contributed by atoms with Gasteiger partial charge in [-0.2, -0.15) is 32.1 Å². The second-order valence-electron chi connectivity index (χ2n) is 14.8. The Morgan fingerprint density at radius 2 is 1.73 bits per heavy atom. The van der Waals surface area contributed by atoms with Crippen LogP contribution in [0.15, 0.2) is 53.3 Å². The number of carbonyl (C=O) groups excluding carboxylic acids is 2. The second kappa shape index (κ2) is 14.7. The van der Waals surface area contributed by atoms with Gasteiger partial charge in [0.25, 0.3) is 17.9 Å². The lowest BCUT2D eigenvalue weighted by atomic mass is 10.0. The average Bonchev–Trinajstić information content (AvgIpc) is 3.68. The zero-order valence-corrected chi connectivity index (χ0v) is 31.9. The minimum absolute atomic E-state index is 0.00560. The highest BCUT2D eigenvalue weighted by atomic mass is 35.5. The summed E-state index contributed by atoms with van der Waals surface area (Å²) in [5, 5.41) is 13.3. The summed E-state index contributed by atoms with van der Waals surface area (Å²) in [4.78, 5) is 45.5. The van der Waals surface area contributed by atoms with E-state index >= 15 is 8.78 Å². The first-order valence-corrected chi connectivity index (χ1v) is 18.7. The molecule has 21 heteroatoms. The molecule has 2 aliphatic rings. The van der Waals surface area contributed by atoms with Gasteiger partial charge in [-0.25, -0.2) is 22.5 Å². The number of amides is 2. The maximum absolute atomic E-state index is 15.4. The molecule has 1 saturated carbocycles. The van der Waals surface area contributed by atoms with Crippen molar-refractivity contribution in [2.75, 3.05) is 5.32 Å². The third-order valence-corrected chi connectivity index (χ3v) is 10.9. The fraction of sp³-hybridized carbons (Fsp3) is 0.333. The van der Waals surface area contributed by atoms with E-state index in [1.165, 1.54) is 49.0 Å². The van der Waals surface area contributed by atoms with Gasteiger partial charge in [-0.05, 0) is 66.3 Å². The van der Waals surface area contributed by atoms with Gasteiger partial charge in [0.05, 0.1) is 38.6 Å². The maximum atomic E-state index is 15.4. The van der Waals surface area contributed by atoms with E-state index in [1.54, 1.807) is 0 Å². The third-order valence-electron chi connectivity index (χ3n) is 10.6. The van der Waals surface area contributed by atoms with Crippen molar-refractivity contribution in [3.05, 3.63) is 109 Å². The highest BCUT2D eigenvalue weighted by molar-refractivity contribution is 6.37. The summed E-state index contributed by atoms with van der Waals surface area (Å²) in [6.45, 7) is 0.180.